The highest BCUT2D eigenvalue weighted by Gasteiger charge is 2.30. The number of benzene rings is 2. The summed E-state index contributed by atoms with van der Waals surface area (Å²) in [5, 5.41) is 0. The summed E-state index contributed by atoms with van der Waals surface area (Å²) < 4.78 is 6.34. The molecule has 1 atom stereocenters. The first-order valence-electron chi connectivity index (χ1n) is 7.33. The van der Waals surface area contributed by atoms with Crippen LogP contribution in [0.5, 0.6) is 5.75 Å². The number of amides is 1. The molecule has 1 amide bonds. The first kappa shape index (κ1) is 15.6. The van der Waals surface area contributed by atoms with Crippen LogP contribution in [0.15, 0.2) is 73.5 Å². The monoisotopic (exact) mass is 369 g/mol. The summed E-state index contributed by atoms with van der Waals surface area (Å²) in [6.07, 6.45) is 3.84. The lowest BCUT2D eigenvalue weighted by Crippen LogP contribution is -2.35. The molecule has 0 aromatic heterocycles. The minimum atomic E-state index is -0.408. The Kier molecular flexibility index (Phi) is 4.63. The van der Waals surface area contributed by atoms with Gasteiger partial charge in [0.25, 0.3) is 0 Å². The lowest BCUT2D eigenvalue weighted by molar-refractivity contribution is 0.154. The summed E-state index contributed by atoms with van der Waals surface area (Å²) in [7, 11) is 0. The van der Waals surface area contributed by atoms with E-state index in [1.165, 1.54) is 0 Å². The van der Waals surface area contributed by atoms with Crippen molar-refractivity contribution in [2.24, 2.45) is 0 Å². The van der Waals surface area contributed by atoms with E-state index in [0.29, 0.717) is 12.2 Å². The molecule has 0 radical (unpaired) electrons. The van der Waals surface area contributed by atoms with Crippen LogP contribution in [0.25, 0.3) is 4.48 Å². The van der Waals surface area contributed by atoms with Crippen LogP contribution in [0.3, 0.4) is 0 Å². The van der Waals surface area contributed by atoms with Crippen molar-refractivity contribution in [3.8, 4) is 5.75 Å². The summed E-state index contributed by atoms with van der Waals surface area (Å²) in [6, 6.07) is 17.0. The van der Waals surface area contributed by atoms with Gasteiger partial charge >= 0.3 is 6.09 Å². The van der Waals surface area contributed by atoms with Crippen LogP contribution in [0.4, 0.5) is 4.79 Å². The summed E-state index contributed by atoms with van der Waals surface area (Å²) >= 11 is 3.55. The number of carbonyl (C=O) groups is 1. The number of rotatable bonds is 3. The summed E-state index contributed by atoms with van der Waals surface area (Å²) in [6.45, 7) is 3.81. The van der Waals surface area contributed by atoms with E-state index in [-0.39, 0.29) is 6.04 Å². The van der Waals surface area contributed by atoms with Crippen LogP contribution < -0.4 is 4.74 Å². The van der Waals surface area contributed by atoms with Crippen molar-refractivity contribution in [3.63, 3.8) is 0 Å². The number of hydrogen-bond donors (Lipinski definition) is 0. The van der Waals surface area contributed by atoms with E-state index in [4.69, 9.17) is 4.74 Å². The van der Waals surface area contributed by atoms with Crippen LogP contribution >= 0.6 is 15.9 Å². The molecular weight excluding hydrogens is 354 g/mol. The van der Waals surface area contributed by atoms with Crippen LogP contribution in [0.1, 0.15) is 23.6 Å². The average Bonchev–Trinajstić information content (AvgIpc) is 2.58. The van der Waals surface area contributed by atoms with Gasteiger partial charge in [0.15, 0.2) is 0 Å². The zero-order chi connectivity index (χ0) is 16.2. The van der Waals surface area contributed by atoms with E-state index in [2.05, 4.69) is 22.5 Å². The summed E-state index contributed by atoms with van der Waals surface area (Å²) in [5.74, 6) is 0.526. The van der Waals surface area contributed by atoms with Gasteiger partial charge in [0, 0.05) is 10.7 Å². The number of para-hydroxylation sites is 1. The molecule has 0 saturated heterocycles. The number of ether oxygens (including phenoxy) is 1. The van der Waals surface area contributed by atoms with Crippen molar-refractivity contribution in [2.45, 2.75) is 12.5 Å². The third-order valence-corrected chi connectivity index (χ3v) is 4.35. The molecule has 0 spiro atoms. The zero-order valence-corrected chi connectivity index (χ0v) is 14.1. The fourth-order valence-corrected chi connectivity index (χ4v) is 3.24. The Morgan fingerprint density at radius 2 is 1.87 bits per heavy atom. The van der Waals surface area contributed by atoms with Crippen LogP contribution in [0, 0.1) is 0 Å². The van der Waals surface area contributed by atoms with Crippen LogP contribution in [-0.4, -0.2) is 11.0 Å². The van der Waals surface area contributed by atoms with Gasteiger partial charge in [-0.15, -0.1) is 6.58 Å². The quantitative estimate of drug-likeness (QED) is 0.667. The highest BCUT2D eigenvalue weighted by molar-refractivity contribution is 9.15. The third-order valence-electron chi connectivity index (χ3n) is 3.71. The first-order valence-corrected chi connectivity index (χ1v) is 8.12. The minimum absolute atomic E-state index is 0.124. The molecule has 1 aliphatic heterocycles. The molecule has 1 aliphatic rings. The topological polar surface area (TPSA) is 29.5 Å². The van der Waals surface area contributed by atoms with Gasteiger partial charge < -0.3 is 4.74 Å². The fourth-order valence-electron chi connectivity index (χ4n) is 2.66. The molecule has 2 aromatic rings. The maximum absolute atomic E-state index is 12.6. The Morgan fingerprint density at radius 1 is 1.17 bits per heavy atom. The fraction of sp³-hybridized carbons (Fsp3) is 0.105. The van der Waals surface area contributed by atoms with E-state index in [1.54, 1.807) is 23.2 Å². The Bertz CT molecular complexity index is 755. The Morgan fingerprint density at radius 3 is 2.61 bits per heavy atom. The van der Waals surface area contributed by atoms with Gasteiger partial charge in [0.1, 0.15) is 5.75 Å². The van der Waals surface area contributed by atoms with E-state index >= 15 is 0 Å². The second kappa shape index (κ2) is 6.84. The highest BCUT2D eigenvalue weighted by atomic mass is 79.9. The van der Waals surface area contributed by atoms with Gasteiger partial charge in [-0.25, -0.2) is 4.79 Å². The molecule has 1 unspecified atom stereocenters. The Hall–Kier alpha value is -2.33. The van der Waals surface area contributed by atoms with E-state index < -0.39 is 6.09 Å². The number of fused-ring (bicyclic) bond motifs is 1. The maximum Gasteiger partial charge on any atom is 0.419 e. The van der Waals surface area contributed by atoms with Gasteiger partial charge in [-0.3, -0.25) is 4.90 Å². The summed E-state index contributed by atoms with van der Waals surface area (Å²) in [5.41, 5.74) is 2.16. The van der Waals surface area contributed by atoms with Crippen molar-refractivity contribution in [1.29, 1.82) is 0 Å². The highest BCUT2D eigenvalue weighted by Crippen LogP contribution is 2.39. The van der Waals surface area contributed by atoms with Crippen molar-refractivity contribution < 1.29 is 9.53 Å². The van der Waals surface area contributed by atoms with E-state index in [1.807, 2.05) is 48.5 Å². The first-order chi connectivity index (χ1) is 11.2. The molecule has 0 bridgehead atoms. The second-order valence-corrected chi connectivity index (χ2v) is 6.05. The Labute approximate surface area is 144 Å². The zero-order valence-electron chi connectivity index (χ0n) is 12.5. The third kappa shape index (κ3) is 3.22. The predicted octanol–water partition coefficient (Wildman–Crippen LogP) is 5.51. The molecule has 0 N–H and O–H groups in total. The summed E-state index contributed by atoms with van der Waals surface area (Å²) in [4.78, 5) is 14.2. The molecule has 116 valence electrons. The van der Waals surface area contributed by atoms with Gasteiger partial charge in [-0.1, -0.05) is 48.5 Å². The molecule has 0 fully saturated rings. The average molecular weight is 370 g/mol. The smallest absolute Gasteiger partial charge is 0.410 e. The van der Waals surface area contributed by atoms with Gasteiger partial charge in [-0.05, 0) is 45.6 Å². The lowest BCUT2D eigenvalue weighted by atomic mass is 9.94. The number of carbonyl (C=O) groups excluding carboxylic acids is 1. The van der Waals surface area contributed by atoms with E-state index in [9.17, 15) is 4.79 Å². The second-order valence-electron chi connectivity index (χ2n) is 5.19. The SMILES string of the molecule is C=CCC1c2ccccc2C(Br)=CN1C(=O)Oc1ccccc1. The van der Waals surface area contributed by atoms with E-state index in [0.717, 1.165) is 15.6 Å². The molecular formula is C19H16BrNO2. The molecule has 4 heteroatoms. The molecule has 3 rings (SSSR count). The molecule has 2 aromatic carbocycles. The predicted molar refractivity (Wildman–Crippen MR) is 95.2 cm³/mol. The van der Waals surface area contributed by atoms with Crippen molar-refractivity contribution in [1.82, 2.24) is 4.90 Å². The number of nitrogens with zero attached hydrogens (tertiary/aromatic N) is 1. The minimum Gasteiger partial charge on any atom is -0.410 e. The van der Waals surface area contributed by atoms with Gasteiger partial charge in [0.2, 0.25) is 0 Å². The standard InChI is InChI=1S/C19H16BrNO2/c1-2-8-18-16-12-7-6-11-15(16)17(20)13-21(18)19(22)23-14-9-4-3-5-10-14/h2-7,9-13,18H,1,8H2. The van der Waals surface area contributed by atoms with Gasteiger partial charge in [0.05, 0.1) is 6.04 Å². The molecule has 0 saturated carbocycles. The van der Waals surface area contributed by atoms with Crippen LogP contribution in [0.2, 0.25) is 0 Å². The molecule has 1 heterocycles. The maximum atomic E-state index is 12.6. The van der Waals surface area contributed by atoms with Crippen molar-refractivity contribution in [2.75, 3.05) is 0 Å². The molecule has 23 heavy (non-hydrogen) atoms. The van der Waals surface area contributed by atoms with Crippen LogP contribution in [-0.2, 0) is 0 Å². The number of halogens is 1. The molecule has 3 nitrogen and oxygen atoms in total. The lowest BCUT2D eigenvalue weighted by Gasteiger charge is -2.33. The normalized spacial score (nSPS) is 16.3. The Balaban J connectivity index is 1.93. The number of hydrogen-bond acceptors (Lipinski definition) is 2. The van der Waals surface area contributed by atoms with Crippen molar-refractivity contribution in [3.05, 3.63) is 84.6 Å². The molecule has 0 aliphatic carbocycles. The van der Waals surface area contributed by atoms with Gasteiger partial charge in [-0.2, -0.15) is 0 Å². The van der Waals surface area contributed by atoms with Crippen molar-refractivity contribution >= 4 is 26.5 Å². The largest absolute Gasteiger partial charge is 0.419 e.